The van der Waals surface area contributed by atoms with E-state index >= 15 is 0 Å². The van der Waals surface area contributed by atoms with Gasteiger partial charge in [-0.3, -0.25) is 4.79 Å². The maximum Gasteiger partial charge on any atom is 0.265 e. The van der Waals surface area contributed by atoms with Crippen LogP contribution >= 0.6 is 23.1 Å². The molecule has 0 unspecified atom stereocenters. The molecule has 0 fully saturated rings. The number of amides is 1. The molecule has 0 atom stereocenters. The first-order valence-electron chi connectivity index (χ1n) is 5.90. The minimum absolute atomic E-state index is 0.0220. The van der Waals surface area contributed by atoms with E-state index in [1.807, 2.05) is 6.26 Å². The Morgan fingerprint density at radius 1 is 1.33 bits per heavy atom. The summed E-state index contributed by atoms with van der Waals surface area (Å²) in [6.45, 7) is 6.05. The molecule has 1 rings (SSSR count). The number of nitrogens with two attached hydrogens (primary N) is 1. The Balaban J connectivity index is 3.29. The van der Waals surface area contributed by atoms with Crippen LogP contribution in [0.5, 0.6) is 0 Å². The minimum Gasteiger partial charge on any atom is -0.396 e. The van der Waals surface area contributed by atoms with Crippen LogP contribution in [0.4, 0.5) is 10.7 Å². The SMILES string of the molecule is CCN(CC)c1sc(C(=O)N(C)C)c(N)c1SC. The smallest absolute Gasteiger partial charge is 0.265 e. The fraction of sp³-hybridized carbons (Fsp3) is 0.583. The predicted octanol–water partition coefficient (Wildman–Crippen LogP) is 2.60. The molecule has 0 radical (unpaired) electrons. The Bertz CT molecular complexity index is 425. The number of thiophene rings is 1. The highest BCUT2D eigenvalue weighted by molar-refractivity contribution is 7.99. The largest absolute Gasteiger partial charge is 0.396 e. The zero-order valence-corrected chi connectivity index (χ0v) is 13.2. The number of hydrogen-bond donors (Lipinski definition) is 1. The second-order valence-electron chi connectivity index (χ2n) is 4.06. The van der Waals surface area contributed by atoms with Crippen LogP contribution in [-0.4, -0.2) is 44.2 Å². The van der Waals surface area contributed by atoms with E-state index < -0.39 is 0 Å². The first kappa shape index (κ1) is 15.2. The topological polar surface area (TPSA) is 49.6 Å². The molecule has 0 bridgehead atoms. The number of hydrogen-bond acceptors (Lipinski definition) is 5. The van der Waals surface area contributed by atoms with Gasteiger partial charge in [-0.05, 0) is 20.1 Å². The molecule has 6 heteroatoms. The zero-order chi connectivity index (χ0) is 13.9. The van der Waals surface area contributed by atoms with E-state index in [-0.39, 0.29) is 5.91 Å². The summed E-state index contributed by atoms with van der Waals surface area (Å²) in [7, 11) is 3.49. The summed E-state index contributed by atoms with van der Waals surface area (Å²) >= 11 is 3.10. The van der Waals surface area contributed by atoms with E-state index in [9.17, 15) is 4.79 Å². The van der Waals surface area contributed by atoms with Gasteiger partial charge in [-0.15, -0.1) is 23.1 Å². The Hall–Kier alpha value is -0.880. The fourth-order valence-corrected chi connectivity index (χ4v) is 4.03. The molecule has 0 saturated carbocycles. The van der Waals surface area contributed by atoms with Gasteiger partial charge in [0.1, 0.15) is 9.88 Å². The molecular weight excluding hydrogens is 266 g/mol. The molecule has 0 spiro atoms. The average molecular weight is 287 g/mol. The lowest BCUT2D eigenvalue weighted by molar-refractivity contribution is 0.0833. The van der Waals surface area contributed by atoms with Gasteiger partial charge in [0.05, 0.1) is 10.6 Å². The van der Waals surface area contributed by atoms with Crippen molar-refractivity contribution in [2.75, 3.05) is 44.1 Å². The standard InChI is InChI=1S/C12H21N3OS2/c1-6-15(7-2)12-10(17-5)8(13)9(18-12)11(16)14(3)4/h6-7,13H2,1-5H3. The molecule has 0 aliphatic heterocycles. The number of nitrogens with zero attached hydrogens (tertiary/aromatic N) is 2. The molecule has 0 aliphatic rings. The molecule has 1 aromatic heterocycles. The first-order chi connectivity index (χ1) is 8.47. The molecule has 0 aliphatic carbocycles. The summed E-state index contributed by atoms with van der Waals surface area (Å²) in [5.74, 6) is -0.0220. The van der Waals surface area contributed by atoms with Gasteiger partial charge in [0.2, 0.25) is 0 Å². The van der Waals surface area contributed by atoms with Crippen LogP contribution in [0.25, 0.3) is 0 Å². The maximum absolute atomic E-state index is 12.1. The van der Waals surface area contributed by atoms with Crippen LogP contribution in [0, 0.1) is 0 Å². The van der Waals surface area contributed by atoms with Gasteiger partial charge >= 0.3 is 0 Å². The van der Waals surface area contributed by atoms with Crippen molar-refractivity contribution in [3.63, 3.8) is 0 Å². The van der Waals surface area contributed by atoms with E-state index in [1.54, 1.807) is 30.8 Å². The van der Waals surface area contributed by atoms with Crippen LogP contribution in [0.15, 0.2) is 4.90 Å². The third-order valence-corrected chi connectivity index (χ3v) is 4.94. The number of anilines is 2. The lowest BCUT2D eigenvalue weighted by atomic mass is 10.3. The Morgan fingerprint density at radius 3 is 2.28 bits per heavy atom. The van der Waals surface area contributed by atoms with Crippen molar-refractivity contribution in [2.45, 2.75) is 18.7 Å². The van der Waals surface area contributed by atoms with Gasteiger partial charge in [-0.25, -0.2) is 0 Å². The molecule has 0 saturated heterocycles. The van der Waals surface area contributed by atoms with Gasteiger partial charge in [-0.2, -0.15) is 0 Å². The van der Waals surface area contributed by atoms with Gasteiger partial charge in [-0.1, -0.05) is 0 Å². The molecule has 4 nitrogen and oxygen atoms in total. The van der Waals surface area contributed by atoms with Gasteiger partial charge < -0.3 is 15.5 Å². The van der Waals surface area contributed by atoms with E-state index in [4.69, 9.17) is 5.73 Å². The van der Waals surface area contributed by atoms with E-state index in [2.05, 4.69) is 18.7 Å². The van der Waals surface area contributed by atoms with Crippen LogP contribution < -0.4 is 10.6 Å². The quantitative estimate of drug-likeness (QED) is 0.846. The van der Waals surface area contributed by atoms with Crippen LogP contribution in [0.3, 0.4) is 0 Å². The number of nitrogen functional groups attached to an aromatic ring is 1. The highest BCUT2D eigenvalue weighted by Crippen LogP contribution is 2.44. The number of carbonyl (C=O) groups is 1. The fourth-order valence-electron chi connectivity index (χ4n) is 1.69. The van der Waals surface area contributed by atoms with Crippen molar-refractivity contribution in [3.8, 4) is 0 Å². The van der Waals surface area contributed by atoms with Crippen molar-refractivity contribution in [2.24, 2.45) is 0 Å². The Kier molecular flexibility index (Phi) is 5.34. The summed E-state index contributed by atoms with van der Waals surface area (Å²) in [5.41, 5.74) is 6.73. The summed E-state index contributed by atoms with van der Waals surface area (Å²) in [5, 5.41) is 1.11. The lowest BCUT2D eigenvalue weighted by Crippen LogP contribution is -2.21. The third-order valence-electron chi connectivity index (χ3n) is 2.74. The summed E-state index contributed by atoms with van der Waals surface area (Å²) in [6, 6.07) is 0. The lowest BCUT2D eigenvalue weighted by Gasteiger charge is -2.20. The van der Waals surface area contributed by atoms with Crippen molar-refractivity contribution >= 4 is 39.7 Å². The molecule has 1 amide bonds. The maximum atomic E-state index is 12.1. The van der Waals surface area contributed by atoms with Crippen molar-refractivity contribution < 1.29 is 4.79 Å². The van der Waals surface area contributed by atoms with E-state index in [1.165, 1.54) is 11.3 Å². The van der Waals surface area contributed by atoms with Crippen molar-refractivity contribution in [3.05, 3.63) is 4.88 Å². The molecule has 1 heterocycles. The van der Waals surface area contributed by atoms with Gasteiger partial charge in [0, 0.05) is 27.2 Å². The van der Waals surface area contributed by atoms with Crippen molar-refractivity contribution in [1.29, 1.82) is 0 Å². The monoisotopic (exact) mass is 287 g/mol. The first-order valence-corrected chi connectivity index (χ1v) is 7.94. The molecular formula is C12H21N3OS2. The molecule has 0 aromatic carbocycles. The van der Waals surface area contributed by atoms with Crippen LogP contribution in [0.2, 0.25) is 0 Å². The highest BCUT2D eigenvalue weighted by Gasteiger charge is 2.23. The second-order valence-corrected chi connectivity index (χ2v) is 5.87. The molecule has 102 valence electrons. The molecule has 2 N–H and O–H groups in total. The molecule has 1 aromatic rings. The number of carbonyl (C=O) groups excluding carboxylic acids is 1. The van der Waals surface area contributed by atoms with Gasteiger partial charge in [0.15, 0.2) is 0 Å². The second kappa shape index (κ2) is 6.33. The minimum atomic E-state index is -0.0220. The van der Waals surface area contributed by atoms with Crippen LogP contribution in [-0.2, 0) is 0 Å². The molecule has 18 heavy (non-hydrogen) atoms. The Labute approximate surface area is 117 Å². The summed E-state index contributed by atoms with van der Waals surface area (Å²) < 4.78 is 0. The average Bonchev–Trinajstić information content (AvgIpc) is 2.67. The van der Waals surface area contributed by atoms with E-state index in [0.717, 1.165) is 23.0 Å². The summed E-state index contributed by atoms with van der Waals surface area (Å²) in [6.07, 6.45) is 2.00. The number of thioether (sulfide) groups is 1. The van der Waals surface area contributed by atoms with Crippen LogP contribution in [0.1, 0.15) is 23.5 Å². The van der Waals surface area contributed by atoms with Crippen molar-refractivity contribution in [1.82, 2.24) is 4.90 Å². The normalized spacial score (nSPS) is 10.5. The van der Waals surface area contributed by atoms with Gasteiger partial charge in [0.25, 0.3) is 5.91 Å². The zero-order valence-electron chi connectivity index (χ0n) is 11.6. The summed E-state index contributed by atoms with van der Waals surface area (Å²) in [4.78, 5) is 17.5. The number of rotatable bonds is 5. The Morgan fingerprint density at radius 2 is 1.89 bits per heavy atom. The highest BCUT2D eigenvalue weighted by atomic mass is 32.2. The predicted molar refractivity (Wildman–Crippen MR) is 82.1 cm³/mol. The third kappa shape index (κ3) is 2.75. The van der Waals surface area contributed by atoms with E-state index in [0.29, 0.717) is 10.6 Å².